The van der Waals surface area contributed by atoms with Crippen LogP contribution < -0.4 is 0 Å². The lowest BCUT2D eigenvalue weighted by Gasteiger charge is -2.01. The van der Waals surface area contributed by atoms with Crippen LogP contribution in [0.5, 0.6) is 0 Å². The first-order valence-corrected chi connectivity index (χ1v) is 5.25. The standard InChI is InChI=1S/C12H11NO5/c1-2-18-12(16)11(15)7-10(14)8-3-5-9(13-17)6-4-8/h3-6H,2,7H2,1H3. The number of nitroso groups, excluding NO2 is 1. The molecular formula is C12H11NO5. The quantitative estimate of drug-likeness (QED) is 0.252. The summed E-state index contributed by atoms with van der Waals surface area (Å²) in [5.41, 5.74) is 0.420. The van der Waals surface area contributed by atoms with Crippen molar-refractivity contribution in [2.45, 2.75) is 13.3 Å². The first kappa shape index (κ1) is 13.7. The zero-order valence-electron chi connectivity index (χ0n) is 9.71. The number of ketones is 2. The Bertz CT molecular complexity index is 478. The van der Waals surface area contributed by atoms with E-state index in [1.807, 2.05) is 0 Å². The Morgan fingerprint density at radius 1 is 1.17 bits per heavy atom. The van der Waals surface area contributed by atoms with Gasteiger partial charge in [0.05, 0.1) is 13.0 Å². The molecule has 0 N–H and O–H groups in total. The molecule has 1 aromatic rings. The molecule has 18 heavy (non-hydrogen) atoms. The number of hydrogen-bond donors (Lipinski definition) is 0. The zero-order chi connectivity index (χ0) is 13.5. The van der Waals surface area contributed by atoms with Crippen molar-refractivity contribution >= 4 is 23.2 Å². The highest BCUT2D eigenvalue weighted by molar-refractivity contribution is 6.38. The fraction of sp³-hybridized carbons (Fsp3) is 0.250. The van der Waals surface area contributed by atoms with Gasteiger partial charge in [-0.2, -0.15) is 0 Å². The van der Waals surface area contributed by atoms with E-state index in [4.69, 9.17) is 0 Å². The number of esters is 1. The van der Waals surface area contributed by atoms with Crippen molar-refractivity contribution in [1.82, 2.24) is 0 Å². The van der Waals surface area contributed by atoms with E-state index in [0.29, 0.717) is 0 Å². The van der Waals surface area contributed by atoms with Crippen molar-refractivity contribution < 1.29 is 19.1 Å². The predicted molar refractivity (Wildman–Crippen MR) is 62.5 cm³/mol. The highest BCUT2D eigenvalue weighted by atomic mass is 16.5. The molecule has 0 aliphatic rings. The Balaban J connectivity index is 2.67. The van der Waals surface area contributed by atoms with Gasteiger partial charge in [-0.25, -0.2) is 4.79 Å². The van der Waals surface area contributed by atoms with Crippen LogP contribution in [0.2, 0.25) is 0 Å². The highest BCUT2D eigenvalue weighted by Gasteiger charge is 2.19. The van der Waals surface area contributed by atoms with Crippen LogP contribution in [-0.4, -0.2) is 24.1 Å². The predicted octanol–water partition coefficient (Wildman–Crippen LogP) is 1.79. The van der Waals surface area contributed by atoms with Gasteiger partial charge in [-0.15, -0.1) is 4.91 Å². The van der Waals surface area contributed by atoms with Crippen LogP contribution in [0.1, 0.15) is 23.7 Å². The summed E-state index contributed by atoms with van der Waals surface area (Å²) in [5, 5.41) is 2.68. The van der Waals surface area contributed by atoms with Gasteiger partial charge in [0.1, 0.15) is 5.69 Å². The first-order valence-electron chi connectivity index (χ1n) is 5.25. The van der Waals surface area contributed by atoms with Gasteiger partial charge in [-0.1, -0.05) is 0 Å². The van der Waals surface area contributed by atoms with Gasteiger partial charge in [0.15, 0.2) is 5.78 Å². The molecule has 0 radical (unpaired) electrons. The molecule has 0 saturated carbocycles. The summed E-state index contributed by atoms with van der Waals surface area (Å²) < 4.78 is 4.48. The highest BCUT2D eigenvalue weighted by Crippen LogP contribution is 2.13. The van der Waals surface area contributed by atoms with E-state index in [-0.39, 0.29) is 17.9 Å². The largest absolute Gasteiger partial charge is 0.460 e. The smallest absolute Gasteiger partial charge is 0.375 e. The maximum absolute atomic E-state index is 11.6. The topological polar surface area (TPSA) is 89.9 Å². The van der Waals surface area contributed by atoms with Crippen molar-refractivity contribution in [3.8, 4) is 0 Å². The van der Waals surface area contributed by atoms with Gasteiger partial charge in [0.25, 0.3) is 0 Å². The maximum atomic E-state index is 11.6. The molecule has 6 nitrogen and oxygen atoms in total. The van der Waals surface area contributed by atoms with Gasteiger partial charge in [0.2, 0.25) is 5.78 Å². The third-order valence-electron chi connectivity index (χ3n) is 2.12. The number of rotatable bonds is 6. The number of carbonyl (C=O) groups is 3. The van der Waals surface area contributed by atoms with Crippen molar-refractivity contribution in [3.63, 3.8) is 0 Å². The minimum atomic E-state index is -1.02. The second-order valence-corrected chi connectivity index (χ2v) is 3.38. The molecule has 6 heteroatoms. The monoisotopic (exact) mass is 249 g/mol. The molecular weight excluding hydrogens is 238 g/mol. The maximum Gasteiger partial charge on any atom is 0.375 e. The second-order valence-electron chi connectivity index (χ2n) is 3.38. The van der Waals surface area contributed by atoms with Gasteiger partial charge in [0, 0.05) is 5.56 Å². The van der Waals surface area contributed by atoms with Crippen molar-refractivity contribution in [2.75, 3.05) is 6.61 Å². The van der Waals surface area contributed by atoms with Crippen LogP contribution in [0.15, 0.2) is 29.4 Å². The Kier molecular flexibility index (Phi) is 4.86. The summed E-state index contributed by atoms with van der Waals surface area (Å²) in [7, 11) is 0. The van der Waals surface area contributed by atoms with Crippen LogP contribution in [0.25, 0.3) is 0 Å². The molecule has 0 unspecified atom stereocenters. The third-order valence-corrected chi connectivity index (χ3v) is 2.12. The minimum absolute atomic E-state index is 0.0818. The van der Waals surface area contributed by atoms with Crippen LogP contribution in [0.4, 0.5) is 5.69 Å². The first-order chi connectivity index (χ1) is 8.58. The number of carbonyl (C=O) groups excluding carboxylic acids is 3. The molecule has 1 aromatic carbocycles. The fourth-order valence-electron chi connectivity index (χ4n) is 1.24. The Morgan fingerprint density at radius 3 is 2.28 bits per heavy atom. The molecule has 0 atom stereocenters. The molecule has 0 fully saturated rings. The van der Waals surface area contributed by atoms with Crippen molar-refractivity contribution in [3.05, 3.63) is 34.7 Å². The average Bonchev–Trinajstić information content (AvgIpc) is 2.39. The van der Waals surface area contributed by atoms with Crippen LogP contribution >= 0.6 is 0 Å². The summed E-state index contributed by atoms with van der Waals surface area (Å²) in [6, 6.07) is 5.46. The SMILES string of the molecule is CCOC(=O)C(=O)CC(=O)c1ccc(N=O)cc1. The third kappa shape index (κ3) is 3.58. The summed E-state index contributed by atoms with van der Waals surface area (Å²) in [6.45, 7) is 1.65. The van der Waals surface area contributed by atoms with Crippen LogP contribution in [0, 0.1) is 4.91 Å². The zero-order valence-corrected chi connectivity index (χ0v) is 9.71. The number of Topliss-reactive ketones (excluding diaryl/α,β-unsaturated/α-hetero) is 2. The van der Waals surface area contributed by atoms with Gasteiger partial charge < -0.3 is 4.74 Å². The molecule has 0 aromatic heterocycles. The van der Waals surface area contributed by atoms with E-state index in [2.05, 4.69) is 9.91 Å². The lowest BCUT2D eigenvalue weighted by Crippen LogP contribution is -2.20. The van der Waals surface area contributed by atoms with E-state index in [0.717, 1.165) is 0 Å². The molecule has 0 heterocycles. The minimum Gasteiger partial charge on any atom is -0.460 e. The Morgan fingerprint density at radius 2 is 1.78 bits per heavy atom. The summed E-state index contributed by atoms with van der Waals surface area (Å²) in [5.74, 6) is -2.41. The molecule has 0 spiro atoms. The molecule has 0 bridgehead atoms. The molecule has 94 valence electrons. The Hall–Kier alpha value is -2.37. The lowest BCUT2D eigenvalue weighted by atomic mass is 10.1. The normalized spacial score (nSPS) is 9.61. The van der Waals surface area contributed by atoms with E-state index in [1.54, 1.807) is 6.92 Å². The van der Waals surface area contributed by atoms with Crippen molar-refractivity contribution in [1.29, 1.82) is 0 Å². The molecule has 0 aliphatic carbocycles. The van der Waals surface area contributed by atoms with E-state index in [1.165, 1.54) is 24.3 Å². The summed E-state index contributed by atoms with van der Waals surface area (Å²) in [6.07, 6.45) is -0.549. The molecule has 0 amide bonds. The Labute approximate surface area is 103 Å². The van der Waals surface area contributed by atoms with E-state index < -0.39 is 24.0 Å². The lowest BCUT2D eigenvalue weighted by molar-refractivity contribution is -0.153. The summed E-state index contributed by atoms with van der Waals surface area (Å²) in [4.78, 5) is 44.1. The average molecular weight is 249 g/mol. The second kappa shape index (κ2) is 6.39. The molecule has 0 aliphatic heterocycles. The fourth-order valence-corrected chi connectivity index (χ4v) is 1.24. The van der Waals surface area contributed by atoms with Gasteiger partial charge >= 0.3 is 5.97 Å². The van der Waals surface area contributed by atoms with Crippen LogP contribution in [-0.2, 0) is 14.3 Å². The van der Waals surface area contributed by atoms with Gasteiger partial charge in [-0.3, -0.25) is 9.59 Å². The molecule has 1 rings (SSSR count). The van der Waals surface area contributed by atoms with E-state index >= 15 is 0 Å². The number of nitrogens with zero attached hydrogens (tertiary/aromatic N) is 1. The summed E-state index contributed by atoms with van der Waals surface area (Å²) >= 11 is 0. The van der Waals surface area contributed by atoms with E-state index in [9.17, 15) is 19.3 Å². The van der Waals surface area contributed by atoms with Crippen LogP contribution in [0.3, 0.4) is 0 Å². The van der Waals surface area contributed by atoms with Gasteiger partial charge in [-0.05, 0) is 36.4 Å². The number of hydrogen-bond acceptors (Lipinski definition) is 6. The van der Waals surface area contributed by atoms with Crippen molar-refractivity contribution in [2.24, 2.45) is 5.18 Å². The number of ether oxygens (including phenoxy) is 1. The molecule has 0 saturated heterocycles. The number of benzene rings is 1.